The van der Waals surface area contributed by atoms with Gasteiger partial charge >= 0.3 is 6.03 Å². The van der Waals surface area contributed by atoms with Crippen molar-refractivity contribution in [2.45, 2.75) is 32.4 Å². The van der Waals surface area contributed by atoms with Gasteiger partial charge in [-0.15, -0.1) is 11.3 Å². The summed E-state index contributed by atoms with van der Waals surface area (Å²) in [5.41, 5.74) is 3.89. The highest BCUT2D eigenvalue weighted by Gasteiger charge is 2.34. The molecule has 3 amide bonds. The van der Waals surface area contributed by atoms with Crippen molar-refractivity contribution in [3.05, 3.63) is 87.4 Å². The van der Waals surface area contributed by atoms with Crippen LogP contribution in [0.2, 0.25) is 0 Å². The maximum Gasteiger partial charge on any atom is 0.322 e. The van der Waals surface area contributed by atoms with Crippen molar-refractivity contribution in [2.75, 3.05) is 38.0 Å². The van der Waals surface area contributed by atoms with Gasteiger partial charge in [0.1, 0.15) is 5.82 Å². The molecular weight excluding hydrogens is 475 g/mol. The first-order chi connectivity index (χ1) is 17.4. The number of benzene rings is 2. The van der Waals surface area contributed by atoms with Gasteiger partial charge in [0, 0.05) is 42.8 Å². The minimum atomic E-state index is -0.269. The van der Waals surface area contributed by atoms with E-state index in [-0.39, 0.29) is 36.4 Å². The van der Waals surface area contributed by atoms with Crippen molar-refractivity contribution in [3.8, 4) is 0 Å². The SMILES string of the molecule is Cc1cccc(NC(=O)N2CCN(C(=O)CN3CCc4sccc4C3c3cccc(F)c3)CC2C)c1. The largest absolute Gasteiger partial charge is 0.338 e. The highest BCUT2D eigenvalue weighted by atomic mass is 32.1. The van der Waals surface area contributed by atoms with E-state index in [0.717, 1.165) is 35.3 Å². The Balaban J connectivity index is 1.24. The van der Waals surface area contributed by atoms with E-state index in [2.05, 4.69) is 21.7 Å². The van der Waals surface area contributed by atoms with E-state index in [0.29, 0.717) is 19.6 Å². The van der Waals surface area contributed by atoms with Crippen molar-refractivity contribution in [2.24, 2.45) is 0 Å². The zero-order valence-corrected chi connectivity index (χ0v) is 21.4. The molecule has 6 nitrogen and oxygen atoms in total. The van der Waals surface area contributed by atoms with Gasteiger partial charge in [-0.3, -0.25) is 9.69 Å². The molecule has 1 fully saturated rings. The molecule has 2 aromatic carbocycles. The second-order valence-corrected chi connectivity index (χ2v) is 10.7. The van der Waals surface area contributed by atoms with Gasteiger partial charge in [-0.25, -0.2) is 9.18 Å². The molecule has 0 spiro atoms. The highest BCUT2D eigenvalue weighted by molar-refractivity contribution is 7.10. The van der Waals surface area contributed by atoms with Crippen LogP contribution < -0.4 is 5.32 Å². The minimum Gasteiger partial charge on any atom is -0.338 e. The maximum atomic E-state index is 14.1. The fourth-order valence-corrected chi connectivity index (χ4v) is 6.19. The number of hydrogen-bond acceptors (Lipinski definition) is 4. The van der Waals surface area contributed by atoms with E-state index in [1.165, 1.54) is 10.9 Å². The Hall–Kier alpha value is -3.23. The topological polar surface area (TPSA) is 55.9 Å². The van der Waals surface area contributed by atoms with E-state index < -0.39 is 0 Å². The van der Waals surface area contributed by atoms with E-state index in [9.17, 15) is 14.0 Å². The van der Waals surface area contributed by atoms with Crippen LogP contribution in [0, 0.1) is 12.7 Å². The van der Waals surface area contributed by atoms with Crippen LogP contribution in [-0.4, -0.2) is 65.4 Å². The molecule has 0 radical (unpaired) electrons. The molecular formula is C28H31FN4O2S. The Morgan fingerprint density at radius 2 is 1.92 bits per heavy atom. The third-order valence-electron chi connectivity index (χ3n) is 7.08. The van der Waals surface area contributed by atoms with Crippen LogP contribution in [0.5, 0.6) is 0 Å². The number of carbonyl (C=O) groups excluding carboxylic acids is 2. The number of hydrogen-bond donors (Lipinski definition) is 1. The van der Waals surface area contributed by atoms with Crippen molar-refractivity contribution < 1.29 is 14.0 Å². The van der Waals surface area contributed by atoms with E-state index >= 15 is 0 Å². The summed E-state index contributed by atoms with van der Waals surface area (Å²) < 4.78 is 14.1. The molecule has 0 aliphatic carbocycles. The van der Waals surface area contributed by atoms with Crippen molar-refractivity contribution in [1.29, 1.82) is 0 Å². The van der Waals surface area contributed by atoms with E-state index in [1.807, 2.05) is 49.1 Å². The predicted molar refractivity (Wildman–Crippen MR) is 141 cm³/mol. The average Bonchev–Trinajstić information content (AvgIpc) is 3.32. The summed E-state index contributed by atoms with van der Waals surface area (Å²) in [5, 5.41) is 5.05. The number of nitrogens with one attached hydrogen (secondary N) is 1. The average molecular weight is 507 g/mol. The fraction of sp³-hybridized carbons (Fsp3) is 0.357. The first-order valence-electron chi connectivity index (χ1n) is 12.4. The quantitative estimate of drug-likeness (QED) is 0.547. The molecule has 0 saturated carbocycles. The summed E-state index contributed by atoms with van der Waals surface area (Å²) in [5.74, 6) is -0.226. The molecule has 1 aromatic heterocycles. The number of halogens is 1. The second-order valence-electron chi connectivity index (χ2n) is 9.66. The molecule has 3 aromatic rings. The third kappa shape index (κ3) is 5.15. The Morgan fingerprint density at radius 1 is 1.08 bits per heavy atom. The van der Waals surface area contributed by atoms with Crippen LogP contribution in [0.4, 0.5) is 14.9 Å². The molecule has 5 rings (SSSR count). The van der Waals surface area contributed by atoms with Crippen molar-refractivity contribution in [1.82, 2.24) is 14.7 Å². The van der Waals surface area contributed by atoms with Crippen LogP contribution in [0.25, 0.3) is 0 Å². The smallest absolute Gasteiger partial charge is 0.322 e. The van der Waals surface area contributed by atoms with Crippen molar-refractivity contribution >= 4 is 29.0 Å². The molecule has 188 valence electrons. The summed E-state index contributed by atoms with van der Waals surface area (Å²) in [7, 11) is 0. The van der Waals surface area contributed by atoms with Gasteiger partial charge in [0.25, 0.3) is 0 Å². The zero-order chi connectivity index (χ0) is 25.2. The number of thiophene rings is 1. The van der Waals surface area contributed by atoms with Crippen LogP contribution in [-0.2, 0) is 11.2 Å². The van der Waals surface area contributed by atoms with E-state index in [4.69, 9.17) is 0 Å². The summed E-state index contributed by atoms with van der Waals surface area (Å²) in [4.78, 5) is 33.4. The van der Waals surface area contributed by atoms with Crippen LogP contribution in [0.15, 0.2) is 60.0 Å². The normalized spacial score (nSPS) is 20.2. The number of anilines is 1. The second kappa shape index (κ2) is 10.4. The summed E-state index contributed by atoms with van der Waals surface area (Å²) in [6.45, 7) is 6.43. The monoisotopic (exact) mass is 506 g/mol. The third-order valence-corrected chi connectivity index (χ3v) is 8.08. The van der Waals surface area contributed by atoms with Crippen LogP contribution in [0.3, 0.4) is 0 Å². The number of urea groups is 1. The first kappa shape index (κ1) is 24.5. The number of piperazine rings is 1. The lowest BCUT2D eigenvalue weighted by molar-refractivity contribution is -0.135. The molecule has 3 heterocycles. The lowest BCUT2D eigenvalue weighted by Crippen LogP contribution is -2.58. The summed E-state index contributed by atoms with van der Waals surface area (Å²) in [6, 6.07) is 16.1. The van der Waals surface area contributed by atoms with Gasteiger partial charge in [0.15, 0.2) is 0 Å². The maximum absolute atomic E-state index is 14.1. The Kier molecular flexibility index (Phi) is 7.07. The summed E-state index contributed by atoms with van der Waals surface area (Å²) >= 11 is 1.72. The number of carbonyl (C=O) groups is 2. The molecule has 8 heteroatoms. The zero-order valence-electron chi connectivity index (χ0n) is 20.6. The fourth-order valence-electron chi connectivity index (χ4n) is 5.28. The van der Waals surface area contributed by atoms with Crippen LogP contribution >= 0.6 is 11.3 Å². The number of nitrogens with zero attached hydrogens (tertiary/aromatic N) is 3. The van der Waals surface area contributed by atoms with Gasteiger partial charge in [0.05, 0.1) is 12.6 Å². The van der Waals surface area contributed by atoms with Gasteiger partial charge in [0.2, 0.25) is 5.91 Å². The Labute approximate surface area is 215 Å². The molecule has 2 unspecified atom stereocenters. The minimum absolute atomic E-state index is 0.0423. The molecule has 2 aliphatic rings. The number of rotatable bonds is 4. The number of fused-ring (bicyclic) bond motifs is 1. The number of amides is 3. The molecule has 36 heavy (non-hydrogen) atoms. The molecule has 1 N–H and O–H groups in total. The lowest BCUT2D eigenvalue weighted by atomic mass is 9.93. The predicted octanol–water partition coefficient (Wildman–Crippen LogP) is 4.91. The standard InChI is InChI=1S/C28H31FN4O2S/c1-19-5-3-8-23(15-19)30-28(35)33-13-12-31(17-20(33)2)26(34)18-32-11-9-25-24(10-14-36-25)27(32)21-6-4-7-22(29)16-21/h3-8,10,14-16,20,27H,9,11-13,17-18H2,1-2H3,(H,30,35). The molecule has 1 saturated heterocycles. The number of aryl methyl sites for hydroxylation is 1. The summed E-state index contributed by atoms with van der Waals surface area (Å²) in [6.07, 6.45) is 0.884. The lowest BCUT2D eigenvalue weighted by Gasteiger charge is -2.41. The molecule has 2 atom stereocenters. The Morgan fingerprint density at radius 3 is 2.69 bits per heavy atom. The van der Waals surface area contributed by atoms with Crippen molar-refractivity contribution in [3.63, 3.8) is 0 Å². The first-order valence-corrected chi connectivity index (χ1v) is 13.2. The van der Waals surface area contributed by atoms with Gasteiger partial charge in [-0.2, -0.15) is 0 Å². The van der Waals surface area contributed by atoms with Gasteiger partial charge < -0.3 is 15.1 Å². The Bertz CT molecular complexity index is 1260. The molecule has 0 bridgehead atoms. The van der Waals surface area contributed by atoms with Gasteiger partial charge in [-0.05, 0) is 72.7 Å². The van der Waals surface area contributed by atoms with Gasteiger partial charge in [-0.1, -0.05) is 24.3 Å². The van der Waals surface area contributed by atoms with Crippen LogP contribution in [0.1, 0.15) is 34.5 Å². The van der Waals surface area contributed by atoms with E-state index in [1.54, 1.807) is 28.4 Å². The molecule has 2 aliphatic heterocycles. The highest BCUT2D eigenvalue weighted by Crippen LogP contribution is 2.37.